The topological polar surface area (TPSA) is 138 Å². The monoisotopic (exact) mass is 521 g/mol. The Labute approximate surface area is 215 Å². The molecular formula is C26H35NO10. The van der Waals surface area contributed by atoms with Crippen molar-refractivity contribution in [1.82, 2.24) is 0 Å². The van der Waals surface area contributed by atoms with Crippen LogP contribution in [0.25, 0.3) is 11.0 Å². The first-order valence-electron chi connectivity index (χ1n) is 11.9. The van der Waals surface area contributed by atoms with Crippen LogP contribution in [0.2, 0.25) is 0 Å². The SMILES string of the molecule is C=CCOc1c(C(COCC)=NOC)c(=O)oc2c(C)c(O[C@@H]3OC(C)(C)[C@H](OC)[C@H](O)[C@H]3O)ccc12. The van der Waals surface area contributed by atoms with E-state index >= 15 is 0 Å². The Bertz CT molecular complexity index is 1190. The lowest BCUT2D eigenvalue weighted by atomic mass is 9.89. The van der Waals surface area contributed by atoms with Crippen molar-refractivity contribution in [2.24, 2.45) is 5.16 Å². The van der Waals surface area contributed by atoms with Gasteiger partial charge in [-0.05, 0) is 39.8 Å². The number of benzene rings is 1. The van der Waals surface area contributed by atoms with Crippen LogP contribution in [0.4, 0.5) is 0 Å². The number of aryl methyl sites for hydroxylation is 1. The molecule has 0 radical (unpaired) electrons. The minimum atomic E-state index is -1.39. The van der Waals surface area contributed by atoms with Crippen LogP contribution in [0.15, 0.2) is 39.2 Å². The van der Waals surface area contributed by atoms with Crippen LogP contribution in [-0.4, -0.2) is 80.2 Å². The number of aliphatic hydroxyl groups is 2. The third kappa shape index (κ3) is 5.81. The van der Waals surface area contributed by atoms with Gasteiger partial charge in [0.05, 0.1) is 17.6 Å². The van der Waals surface area contributed by atoms with E-state index in [0.29, 0.717) is 17.6 Å². The summed E-state index contributed by atoms with van der Waals surface area (Å²) in [6.45, 7) is 11.2. The Hall–Kier alpha value is -2.96. The van der Waals surface area contributed by atoms with Crippen molar-refractivity contribution < 1.29 is 43.2 Å². The van der Waals surface area contributed by atoms with Gasteiger partial charge in [-0.15, -0.1) is 0 Å². The fourth-order valence-corrected chi connectivity index (χ4v) is 4.31. The summed E-state index contributed by atoms with van der Waals surface area (Å²) in [5.41, 5.74) is -0.724. The average Bonchev–Trinajstić information content (AvgIpc) is 2.85. The van der Waals surface area contributed by atoms with Crippen molar-refractivity contribution in [1.29, 1.82) is 0 Å². The molecule has 11 heteroatoms. The molecule has 1 aromatic carbocycles. The molecule has 0 saturated carbocycles. The molecule has 0 amide bonds. The first-order chi connectivity index (χ1) is 17.6. The molecule has 0 bridgehead atoms. The highest BCUT2D eigenvalue weighted by Gasteiger charge is 2.50. The number of hydrogen-bond acceptors (Lipinski definition) is 11. The van der Waals surface area contributed by atoms with Gasteiger partial charge in [0.2, 0.25) is 6.29 Å². The fraction of sp³-hybridized carbons (Fsp3) is 0.538. The quantitative estimate of drug-likeness (QED) is 0.196. The molecule has 3 rings (SSSR count). The number of methoxy groups -OCH3 is 1. The highest BCUT2D eigenvalue weighted by molar-refractivity contribution is 6.07. The van der Waals surface area contributed by atoms with Crippen LogP contribution in [0.3, 0.4) is 0 Å². The molecule has 1 aliphatic heterocycles. The molecule has 0 aliphatic carbocycles. The van der Waals surface area contributed by atoms with Crippen molar-refractivity contribution >= 4 is 16.7 Å². The summed E-state index contributed by atoms with van der Waals surface area (Å²) >= 11 is 0. The van der Waals surface area contributed by atoms with Crippen LogP contribution in [0, 0.1) is 6.92 Å². The minimum absolute atomic E-state index is 0.00270. The summed E-state index contributed by atoms with van der Waals surface area (Å²) in [5, 5.41) is 25.6. The second-order valence-electron chi connectivity index (χ2n) is 8.96. The molecule has 204 valence electrons. The van der Waals surface area contributed by atoms with Crippen LogP contribution >= 0.6 is 0 Å². The van der Waals surface area contributed by atoms with E-state index in [9.17, 15) is 15.0 Å². The molecule has 2 heterocycles. The van der Waals surface area contributed by atoms with Crippen LogP contribution in [0.5, 0.6) is 11.5 Å². The molecule has 0 unspecified atom stereocenters. The van der Waals surface area contributed by atoms with Crippen molar-refractivity contribution in [3.63, 3.8) is 0 Å². The first-order valence-corrected chi connectivity index (χ1v) is 11.9. The molecule has 1 saturated heterocycles. The predicted octanol–water partition coefficient (Wildman–Crippen LogP) is 2.30. The number of ether oxygens (including phenoxy) is 5. The van der Waals surface area contributed by atoms with Gasteiger partial charge in [0.25, 0.3) is 0 Å². The molecule has 11 nitrogen and oxygen atoms in total. The lowest BCUT2D eigenvalue weighted by Crippen LogP contribution is -2.63. The fourth-order valence-electron chi connectivity index (χ4n) is 4.31. The van der Waals surface area contributed by atoms with Gasteiger partial charge in [-0.25, -0.2) is 4.79 Å². The molecular weight excluding hydrogens is 486 g/mol. The third-order valence-corrected chi connectivity index (χ3v) is 6.05. The maximum Gasteiger partial charge on any atom is 0.349 e. The molecule has 37 heavy (non-hydrogen) atoms. The highest BCUT2D eigenvalue weighted by atomic mass is 16.7. The number of oxime groups is 1. The molecule has 2 N–H and O–H groups in total. The maximum absolute atomic E-state index is 13.2. The molecule has 2 aromatic rings. The normalized spacial score (nSPS) is 23.6. The molecule has 1 aromatic heterocycles. The Kier molecular flexibility index (Phi) is 9.32. The number of fused-ring (bicyclic) bond motifs is 1. The summed E-state index contributed by atoms with van der Waals surface area (Å²) < 4.78 is 34.2. The van der Waals surface area contributed by atoms with E-state index in [4.69, 9.17) is 32.9 Å². The van der Waals surface area contributed by atoms with Gasteiger partial charge in [0, 0.05) is 19.3 Å². The zero-order valence-electron chi connectivity index (χ0n) is 22.0. The third-order valence-electron chi connectivity index (χ3n) is 6.05. The van der Waals surface area contributed by atoms with Crippen molar-refractivity contribution in [3.05, 3.63) is 46.3 Å². The molecule has 1 fully saturated rings. The van der Waals surface area contributed by atoms with Crippen LogP contribution in [0.1, 0.15) is 31.9 Å². The van der Waals surface area contributed by atoms with Gasteiger partial charge < -0.3 is 43.2 Å². The summed E-state index contributed by atoms with van der Waals surface area (Å²) in [6.07, 6.45) is -3.06. The van der Waals surface area contributed by atoms with Gasteiger partial charge in [0.1, 0.15) is 60.4 Å². The Balaban J connectivity index is 2.09. The molecule has 0 spiro atoms. The Morgan fingerprint density at radius 3 is 2.59 bits per heavy atom. The van der Waals surface area contributed by atoms with Gasteiger partial charge >= 0.3 is 5.63 Å². The summed E-state index contributed by atoms with van der Waals surface area (Å²) in [7, 11) is 2.79. The van der Waals surface area contributed by atoms with Gasteiger partial charge in [-0.3, -0.25) is 0 Å². The zero-order chi connectivity index (χ0) is 27.3. The number of aliphatic hydroxyl groups excluding tert-OH is 2. The lowest BCUT2D eigenvalue weighted by Gasteiger charge is -2.46. The van der Waals surface area contributed by atoms with Crippen molar-refractivity contribution in [2.45, 2.75) is 57.9 Å². The zero-order valence-corrected chi connectivity index (χ0v) is 22.0. The van der Waals surface area contributed by atoms with E-state index in [2.05, 4.69) is 11.7 Å². The molecule has 1 aliphatic rings. The maximum atomic E-state index is 13.2. The first kappa shape index (κ1) is 28.6. The van der Waals surface area contributed by atoms with Gasteiger partial charge in [0.15, 0.2) is 0 Å². The summed E-state index contributed by atoms with van der Waals surface area (Å²) in [5.74, 6) is 0.505. The van der Waals surface area contributed by atoms with Crippen molar-refractivity contribution in [3.8, 4) is 11.5 Å². The van der Waals surface area contributed by atoms with Crippen molar-refractivity contribution in [2.75, 3.05) is 34.0 Å². The van der Waals surface area contributed by atoms with Crippen LogP contribution < -0.4 is 15.1 Å². The Morgan fingerprint density at radius 1 is 1.24 bits per heavy atom. The van der Waals surface area contributed by atoms with E-state index in [1.54, 1.807) is 39.0 Å². The predicted molar refractivity (Wildman–Crippen MR) is 135 cm³/mol. The van der Waals surface area contributed by atoms with Gasteiger partial charge in [-0.1, -0.05) is 17.8 Å². The van der Waals surface area contributed by atoms with E-state index in [1.807, 2.05) is 6.92 Å². The van der Waals surface area contributed by atoms with E-state index < -0.39 is 35.8 Å². The average molecular weight is 522 g/mol. The van der Waals surface area contributed by atoms with Crippen LogP contribution in [-0.2, 0) is 19.0 Å². The second kappa shape index (κ2) is 12.1. The second-order valence-corrected chi connectivity index (χ2v) is 8.96. The standard InChI is InChI=1S/C26H35NO10/c1-8-12-34-22-15-10-11-17(35-25-20(29)19(28)23(31-6)26(4,5)37-25)14(3)21(15)36-24(30)18(22)16(27-32-7)13-33-9-2/h8,10-11,19-20,23,25,28-29H,1,9,12-13H2,2-7H3/t19-,20-,23-,25-/m1/s1. The van der Waals surface area contributed by atoms with Gasteiger partial charge in [-0.2, -0.15) is 0 Å². The van der Waals surface area contributed by atoms with E-state index in [0.717, 1.165) is 0 Å². The number of nitrogens with zero attached hydrogens (tertiary/aromatic N) is 1. The smallest absolute Gasteiger partial charge is 0.349 e. The lowest BCUT2D eigenvalue weighted by molar-refractivity contribution is -0.306. The largest absolute Gasteiger partial charge is 0.488 e. The Morgan fingerprint density at radius 2 is 1.97 bits per heavy atom. The highest BCUT2D eigenvalue weighted by Crippen LogP contribution is 2.37. The summed E-state index contributed by atoms with van der Waals surface area (Å²) in [6, 6.07) is 3.29. The van der Waals surface area contributed by atoms with E-state index in [1.165, 1.54) is 14.2 Å². The molecule has 4 atom stereocenters. The number of hydrogen-bond donors (Lipinski definition) is 2. The number of rotatable bonds is 11. The minimum Gasteiger partial charge on any atom is -0.488 e. The van der Waals surface area contributed by atoms with E-state index in [-0.39, 0.29) is 41.6 Å². The summed E-state index contributed by atoms with van der Waals surface area (Å²) in [4.78, 5) is 18.1.